The van der Waals surface area contributed by atoms with Crippen LogP contribution < -0.4 is 15.0 Å². The van der Waals surface area contributed by atoms with Gasteiger partial charge in [0, 0.05) is 37.6 Å². The van der Waals surface area contributed by atoms with Gasteiger partial charge in [0.1, 0.15) is 0 Å². The van der Waals surface area contributed by atoms with Crippen LogP contribution in [0.3, 0.4) is 0 Å². The van der Waals surface area contributed by atoms with Gasteiger partial charge in [-0.05, 0) is 62.1 Å². The number of amides is 2. The van der Waals surface area contributed by atoms with Crippen LogP contribution in [0.1, 0.15) is 30.2 Å². The lowest BCUT2D eigenvalue weighted by atomic mass is 10.0. The number of ether oxygens (including phenoxy) is 1. The van der Waals surface area contributed by atoms with Crippen LogP contribution in [0, 0.1) is 13.8 Å². The summed E-state index contributed by atoms with van der Waals surface area (Å²) in [6, 6.07) is 7.59. The molecule has 0 saturated heterocycles. The summed E-state index contributed by atoms with van der Waals surface area (Å²) in [5.41, 5.74) is 5.30. The lowest BCUT2D eigenvalue weighted by molar-refractivity contribution is -0.118. The lowest BCUT2D eigenvalue weighted by Crippen LogP contribution is -2.33. The predicted octanol–water partition coefficient (Wildman–Crippen LogP) is 2.90. The number of nitrogens with zero attached hydrogens (tertiary/aromatic N) is 4. The highest BCUT2D eigenvalue weighted by molar-refractivity contribution is 5.95. The number of nitrogens with one attached hydrogen (secondary N) is 1. The average molecular weight is 407 g/mol. The number of hydrogen-bond donors (Lipinski definition) is 1. The summed E-state index contributed by atoms with van der Waals surface area (Å²) in [6.07, 6.45) is 1.79. The van der Waals surface area contributed by atoms with E-state index >= 15 is 0 Å². The molecule has 3 heterocycles. The Kier molecular flexibility index (Phi) is 5.15. The first-order valence-corrected chi connectivity index (χ1v) is 9.98. The summed E-state index contributed by atoms with van der Waals surface area (Å²) >= 11 is 0. The van der Waals surface area contributed by atoms with E-state index in [0.29, 0.717) is 11.6 Å². The monoisotopic (exact) mass is 407 g/mol. The van der Waals surface area contributed by atoms with Crippen molar-refractivity contribution in [3.05, 3.63) is 41.1 Å². The summed E-state index contributed by atoms with van der Waals surface area (Å²) in [5.74, 6) is 0.157. The second kappa shape index (κ2) is 7.78. The number of rotatable bonds is 4. The SMILES string of the molecule is CC(=O)N1CCCc2cc(NC(=O)COc3nn(C)c4nc(C)cc(C)c34)ccc21. The van der Waals surface area contributed by atoms with Gasteiger partial charge >= 0.3 is 0 Å². The average Bonchev–Trinajstić information content (AvgIpc) is 3.01. The minimum atomic E-state index is -0.272. The van der Waals surface area contributed by atoms with Crippen molar-refractivity contribution in [1.29, 1.82) is 0 Å². The van der Waals surface area contributed by atoms with Crippen LogP contribution in [0.5, 0.6) is 5.88 Å². The van der Waals surface area contributed by atoms with Crippen LogP contribution in [-0.2, 0) is 23.1 Å². The Labute approximate surface area is 174 Å². The fraction of sp³-hybridized carbons (Fsp3) is 0.364. The van der Waals surface area contributed by atoms with Crippen molar-refractivity contribution in [3.63, 3.8) is 0 Å². The van der Waals surface area contributed by atoms with E-state index in [2.05, 4.69) is 15.4 Å². The minimum absolute atomic E-state index is 0.0312. The van der Waals surface area contributed by atoms with Crippen molar-refractivity contribution in [2.75, 3.05) is 23.4 Å². The molecule has 1 N–H and O–H groups in total. The normalized spacial score (nSPS) is 13.3. The number of carbonyl (C=O) groups is 2. The molecule has 3 aromatic rings. The predicted molar refractivity (Wildman–Crippen MR) is 115 cm³/mol. The number of aryl methyl sites for hydroxylation is 4. The third-order valence-corrected chi connectivity index (χ3v) is 5.29. The van der Waals surface area contributed by atoms with Crippen molar-refractivity contribution in [2.45, 2.75) is 33.6 Å². The molecule has 0 saturated carbocycles. The van der Waals surface area contributed by atoms with Crippen molar-refractivity contribution >= 4 is 34.2 Å². The van der Waals surface area contributed by atoms with E-state index < -0.39 is 0 Å². The zero-order chi connectivity index (χ0) is 21.4. The molecule has 0 radical (unpaired) electrons. The van der Waals surface area contributed by atoms with Gasteiger partial charge in [-0.3, -0.25) is 9.59 Å². The van der Waals surface area contributed by atoms with Gasteiger partial charge in [-0.2, -0.15) is 0 Å². The van der Waals surface area contributed by atoms with Crippen molar-refractivity contribution in [2.24, 2.45) is 7.05 Å². The molecule has 4 rings (SSSR count). The second-order valence-corrected chi connectivity index (χ2v) is 7.66. The van der Waals surface area contributed by atoms with Crippen LogP contribution in [0.25, 0.3) is 11.0 Å². The van der Waals surface area contributed by atoms with Crippen molar-refractivity contribution < 1.29 is 14.3 Å². The molecule has 156 valence electrons. The van der Waals surface area contributed by atoms with Gasteiger partial charge in [0.25, 0.3) is 5.91 Å². The molecule has 0 unspecified atom stereocenters. The fourth-order valence-corrected chi connectivity index (χ4v) is 3.98. The Hall–Kier alpha value is -3.42. The van der Waals surface area contributed by atoms with Gasteiger partial charge in [-0.25, -0.2) is 9.67 Å². The summed E-state index contributed by atoms with van der Waals surface area (Å²) < 4.78 is 7.38. The highest BCUT2D eigenvalue weighted by atomic mass is 16.5. The molecule has 8 heteroatoms. The maximum atomic E-state index is 12.5. The number of pyridine rings is 1. The van der Waals surface area contributed by atoms with Gasteiger partial charge in [0.2, 0.25) is 11.8 Å². The van der Waals surface area contributed by atoms with Crippen molar-refractivity contribution in [3.8, 4) is 5.88 Å². The van der Waals surface area contributed by atoms with Crippen LogP contribution >= 0.6 is 0 Å². The molecule has 0 fully saturated rings. The molecule has 8 nitrogen and oxygen atoms in total. The van der Waals surface area contributed by atoms with Gasteiger partial charge in [0.15, 0.2) is 12.3 Å². The van der Waals surface area contributed by atoms with Crippen LogP contribution in [0.4, 0.5) is 11.4 Å². The standard InChI is InChI=1S/C22H25N5O3/c1-13-10-14(2)23-21-20(13)22(25-26(21)4)30-12-19(29)24-17-7-8-18-16(11-17)6-5-9-27(18)15(3)28/h7-8,10-11H,5-6,9,12H2,1-4H3,(H,24,29). The van der Waals surface area contributed by atoms with Crippen molar-refractivity contribution in [1.82, 2.24) is 14.8 Å². The first-order chi connectivity index (χ1) is 14.3. The van der Waals surface area contributed by atoms with E-state index in [1.807, 2.05) is 38.1 Å². The molecule has 1 aliphatic rings. The Morgan fingerprint density at radius 3 is 2.80 bits per heavy atom. The molecule has 1 aliphatic heterocycles. The highest BCUT2D eigenvalue weighted by Crippen LogP contribution is 2.30. The summed E-state index contributed by atoms with van der Waals surface area (Å²) in [5, 5.41) is 8.05. The molecule has 30 heavy (non-hydrogen) atoms. The maximum Gasteiger partial charge on any atom is 0.262 e. The largest absolute Gasteiger partial charge is 0.466 e. The topological polar surface area (TPSA) is 89.4 Å². The number of benzene rings is 1. The second-order valence-electron chi connectivity index (χ2n) is 7.66. The third-order valence-electron chi connectivity index (χ3n) is 5.29. The van der Waals surface area contributed by atoms with E-state index in [0.717, 1.165) is 52.9 Å². The summed E-state index contributed by atoms with van der Waals surface area (Å²) in [6.45, 7) is 6.05. The smallest absolute Gasteiger partial charge is 0.262 e. The molecule has 2 aromatic heterocycles. The van der Waals surface area contributed by atoms with Crippen LogP contribution in [-0.4, -0.2) is 39.7 Å². The molecule has 2 amide bonds. The highest BCUT2D eigenvalue weighted by Gasteiger charge is 2.20. The van der Waals surface area contributed by atoms with E-state index in [-0.39, 0.29) is 18.4 Å². The molecule has 0 atom stereocenters. The van der Waals surface area contributed by atoms with Crippen LogP contribution in [0.15, 0.2) is 24.3 Å². The molecule has 1 aromatic carbocycles. The Bertz CT molecular complexity index is 1150. The maximum absolute atomic E-state index is 12.5. The summed E-state index contributed by atoms with van der Waals surface area (Å²) in [4.78, 5) is 30.5. The number of aromatic nitrogens is 3. The van der Waals surface area contributed by atoms with Gasteiger partial charge in [-0.15, -0.1) is 5.10 Å². The zero-order valence-electron chi connectivity index (χ0n) is 17.7. The van der Waals surface area contributed by atoms with Crippen LogP contribution in [0.2, 0.25) is 0 Å². The molecule has 0 spiro atoms. The number of anilines is 2. The zero-order valence-corrected chi connectivity index (χ0v) is 17.7. The fourth-order valence-electron chi connectivity index (χ4n) is 3.98. The Morgan fingerprint density at radius 1 is 1.23 bits per heavy atom. The van der Waals surface area contributed by atoms with Gasteiger partial charge < -0.3 is 15.0 Å². The minimum Gasteiger partial charge on any atom is -0.466 e. The molecule has 0 bridgehead atoms. The Morgan fingerprint density at radius 2 is 2.03 bits per heavy atom. The van der Waals surface area contributed by atoms with Gasteiger partial charge in [-0.1, -0.05) is 0 Å². The number of hydrogen-bond acceptors (Lipinski definition) is 5. The Balaban J connectivity index is 1.46. The third kappa shape index (κ3) is 3.72. The first-order valence-electron chi connectivity index (χ1n) is 9.98. The van der Waals surface area contributed by atoms with E-state index in [4.69, 9.17) is 4.74 Å². The number of fused-ring (bicyclic) bond motifs is 2. The summed E-state index contributed by atoms with van der Waals surface area (Å²) in [7, 11) is 1.80. The van der Waals surface area contributed by atoms with E-state index in [1.165, 1.54) is 0 Å². The number of carbonyl (C=O) groups excluding carboxylic acids is 2. The molecular weight excluding hydrogens is 382 g/mol. The molecule has 0 aliphatic carbocycles. The van der Waals surface area contributed by atoms with E-state index in [9.17, 15) is 9.59 Å². The van der Waals surface area contributed by atoms with Gasteiger partial charge in [0.05, 0.1) is 5.39 Å². The quantitative estimate of drug-likeness (QED) is 0.718. The lowest BCUT2D eigenvalue weighted by Gasteiger charge is -2.28. The first kappa shape index (κ1) is 19.9. The van der Waals surface area contributed by atoms with E-state index in [1.54, 1.807) is 23.6 Å². The molecular formula is C22H25N5O3.